The van der Waals surface area contributed by atoms with Crippen LogP contribution < -0.4 is 10.6 Å². The highest BCUT2D eigenvalue weighted by atomic mass is 15.4. The molecule has 5 nitrogen and oxygen atoms in total. The molecule has 0 fully saturated rings. The largest absolute Gasteiger partial charge is 0.394 e. The van der Waals surface area contributed by atoms with E-state index in [0.29, 0.717) is 0 Å². The third-order valence-corrected chi connectivity index (χ3v) is 3.44. The summed E-state index contributed by atoms with van der Waals surface area (Å²) in [5.41, 5.74) is 10.0. The molecule has 0 bridgehead atoms. The van der Waals surface area contributed by atoms with Crippen molar-refractivity contribution in [2.24, 2.45) is 7.05 Å². The highest BCUT2D eigenvalue weighted by molar-refractivity contribution is 5.66. The first-order valence-corrected chi connectivity index (χ1v) is 7.05. The molecule has 0 amide bonds. The molecular formula is C15H23N5. The summed E-state index contributed by atoms with van der Waals surface area (Å²) in [6, 6.07) is 6.09. The number of aryl methyl sites for hydroxylation is 3. The van der Waals surface area contributed by atoms with Gasteiger partial charge in [0.15, 0.2) is 5.82 Å². The number of pyridine rings is 1. The van der Waals surface area contributed by atoms with Crippen LogP contribution in [0.2, 0.25) is 0 Å². The Labute approximate surface area is 120 Å². The molecule has 0 aliphatic rings. The summed E-state index contributed by atoms with van der Waals surface area (Å²) in [5, 5.41) is 4.49. The lowest BCUT2D eigenvalue weighted by Crippen LogP contribution is -2.25. The molecule has 5 heteroatoms. The van der Waals surface area contributed by atoms with Gasteiger partial charge in [-0.3, -0.25) is 9.67 Å². The fourth-order valence-corrected chi connectivity index (χ4v) is 2.44. The lowest BCUT2D eigenvalue weighted by molar-refractivity contribution is 0.696. The van der Waals surface area contributed by atoms with E-state index in [1.54, 1.807) is 0 Å². The lowest BCUT2D eigenvalue weighted by Gasteiger charge is -2.23. The zero-order valence-electron chi connectivity index (χ0n) is 12.7. The van der Waals surface area contributed by atoms with E-state index in [-0.39, 0.29) is 0 Å². The molecule has 0 unspecified atom stereocenters. The van der Waals surface area contributed by atoms with E-state index in [4.69, 9.17) is 5.73 Å². The zero-order chi connectivity index (χ0) is 14.7. The fourth-order valence-electron chi connectivity index (χ4n) is 2.44. The van der Waals surface area contributed by atoms with E-state index in [1.807, 2.05) is 36.9 Å². The topological polar surface area (TPSA) is 60.0 Å². The van der Waals surface area contributed by atoms with Crippen LogP contribution in [0.3, 0.4) is 0 Å². The Hall–Kier alpha value is -2.04. The van der Waals surface area contributed by atoms with Gasteiger partial charge in [-0.2, -0.15) is 5.10 Å². The smallest absolute Gasteiger partial charge is 0.150 e. The van der Waals surface area contributed by atoms with Crippen molar-refractivity contribution in [1.82, 2.24) is 14.8 Å². The number of hydrogen-bond donors (Lipinski definition) is 1. The minimum Gasteiger partial charge on any atom is -0.394 e. The lowest BCUT2D eigenvalue weighted by atomic mass is 10.2. The van der Waals surface area contributed by atoms with Gasteiger partial charge in [0, 0.05) is 19.3 Å². The van der Waals surface area contributed by atoms with Crippen LogP contribution in [-0.2, 0) is 20.0 Å². The maximum absolute atomic E-state index is 6.23. The van der Waals surface area contributed by atoms with Crippen LogP contribution in [0.1, 0.15) is 30.9 Å². The van der Waals surface area contributed by atoms with E-state index in [2.05, 4.69) is 28.8 Å². The molecule has 0 aliphatic carbocycles. The molecule has 2 aromatic heterocycles. The Bertz CT molecular complexity index is 588. The average molecular weight is 273 g/mol. The molecule has 0 saturated carbocycles. The van der Waals surface area contributed by atoms with Crippen molar-refractivity contribution in [3.05, 3.63) is 35.3 Å². The summed E-state index contributed by atoms with van der Waals surface area (Å²) in [6.45, 7) is 7.80. The Morgan fingerprint density at radius 2 is 2.05 bits per heavy atom. The molecule has 0 radical (unpaired) electrons. The predicted molar refractivity (Wildman–Crippen MR) is 82.7 cm³/mol. The van der Waals surface area contributed by atoms with Crippen LogP contribution in [0, 0.1) is 6.92 Å². The van der Waals surface area contributed by atoms with E-state index in [9.17, 15) is 0 Å². The van der Waals surface area contributed by atoms with Gasteiger partial charge < -0.3 is 10.6 Å². The van der Waals surface area contributed by atoms with Crippen molar-refractivity contribution in [2.75, 3.05) is 17.2 Å². The molecule has 0 saturated heterocycles. The van der Waals surface area contributed by atoms with Crippen LogP contribution in [0.4, 0.5) is 11.5 Å². The van der Waals surface area contributed by atoms with Gasteiger partial charge in [0.2, 0.25) is 0 Å². The summed E-state index contributed by atoms with van der Waals surface area (Å²) in [6.07, 6.45) is 0.847. The van der Waals surface area contributed by atoms with Gasteiger partial charge in [-0.15, -0.1) is 0 Å². The van der Waals surface area contributed by atoms with Crippen molar-refractivity contribution in [2.45, 2.75) is 33.7 Å². The highest BCUT2D eigenvalue weighted by Crippen LogP contribution is 2.27. The standard InChI is InChI=1S/C15H23N5/c1-5-13-14(16)15(19(4)18-13)20(6-2)10-12-9-7-8-11(3)17-12/h7-9H,5-6,10,16H2,1-4H3. The summed E-state index contributed by atoms with van der Waals surface area (Å²) >= 11 is 0. The van der Waals surface area contributed by atoms with Crippen molar-refractivity contribution >= 4 is 11.5 Å². The van der Waals surface area contributed by atoms with E-state index >= 15 is 0 Å². The van der Waals surface area contributed by atoms with Gasteiger partial charge >= 0.3 is 0 Å². The second kappa shape index (κ2) is 5.94. The van der Waals surface area contributed by atoms with Crippen LogP contribution in [-0.4, -0.2) is 21.3 Å². The Morgan fingerprint density at radius 3 is 2.60 bits per heavy atom. The van der Waals surface area contributed by atoms with Crippen molar-refractivity contribution in [1.29, 1.82) is 0 Å². The molecule has 108 valence electrons. The van der Waals surface area contributed by atoms with E-state index in [0.717, 1.165) is 48.1 Å². The maximum atomic E-state index is 6.23. The molecule has 2 rings (SSSR count). The third-order valence-electron chi connectivity index (χ3n) is 3.44. The van der Waals surface area contributed by atoms with Gasteiger partial charge in [0.25, 0.3) is 0 Å². The molecule has 2 aromatic rings. The zero-order valence-corrected chi connectivity index (χ0v) is 12.7. The summed E-state index contributed by atoms with van der Waals surface area (Å²) in [4.78, 5) is 6.77. The van der Waals surface area contributed by atoms with Crippen LogP contribution in [0.15, 0.2) is 18.2 Å². The van der Waals surface area contributed by atoms with Crippen LogP contribution in [0.5, 0.6) is 0 Å². The first-order valence-electron chi connectivity index (χ1n) is 7.05. The van der Waals surface area contributed by atoms with Crippen molar-refractivity contribution in [3.8, 4) is 0 Å². The third kappa shape index (κ3) is 2.76. The van der Waals surface area contributed by atoms with Gasteiger partial charge in [0.1, 0.15) is 0 Å². The summed E-state index contributed by atoms with van der Waals surface area (Å²) < 4.78 is 1.87. The number of nitrogens with two attached hydrogens (primary N) is 1. The molecule has 0 spiro atoms. The van der Waals surface area contributed by atoms with Crippen molar-refractivity contribution in [3.63, 3.8) is 0 Å². The minimum atomic E-state index is 0.741. The summed E-state index contributed by atoms with van der Waals surface area (Å²) in [5.74, 6) is 0.979. The number of nitrogens with zero attached hydrogens (tertiary/aromatic N) is 4. The number of aromatic nitrogens is 3. The second-order valence-corrected chi connectivity index (χ2v) is 4.95. The van der Waals surface area contributed by atoms with Crippen molar-refractivity contribution < 1.29 is 0 Å². The van der Waals surface area contributed by atoms with Crippen LogP contribution in [0.25, 0.3) is 0 Å². The maximum Gasteiger partial charge on any atom is 0.150 e. The Morgan fingerprint density at radius 1 is 1.30 bits per heavy atom. The second-order valence-electron chi connectivity index (χ2n) is 4.95. The molecule has 2 heterocycles. The Kier molecular flexibility index (Phi) is 4.27. The molecule has 2 N–H and O–H groups in total. The molecular weight excluding hydrogens is 250 g/mol. The summed E-state index contributed by atoms with van der Waals surface area (Å²) in [7, 11) is 1.94. The number of rotatable bonds is 5. The van der Waals surface area contributed by atoms with Crippen LogP contribution >= 0.6 is 0 Å². The number of hydrogen-bond acceptors (Lipinski definition) is 4. The number of anilines is 2. The molecule has 20 heavy (non-hydrogen) atoms. The SMILES string of the molecule is CCc1nn(C)c(N(CC)Cc2cccc(C)n2)c1N. The quantitative estimate of drug-likeness (QED) is 0.908. The van der Waals surface area contributed by atoms with Gasteiger partial charge in [0.05, 0.1) is 23.6 Å². The number of nitrogen functional groups attached to an aromatic ring is 1. The van der Waals surface area contributed by atoms with Gasteiger partial charge in [-0.1, -0.05) is 13.0 Å². The first-order chi connectivity index (χ1) is 9.56. The normalized spacial score (nSPS) is 10.8. The minimum absolute atomic E-state index is 0.741. The Balaban J connectivity index is 2.31. The average Bonchev–Trinajstić information content (AvgIpc) is 2.71. The van der Waals surface area contributed by atoms with E-state index < -0.39 is 0 Å². The molecule has 0 aliphatic heterocycles. The fraction of sp³-hybridized carbons (Fsp3) is 0.467. The monoisotopic (exact) mass is 273 g/mol. The van der Waals surface area contributed by atoms with E-state index in [1.165, 1.54) is 0 Å². The molecule has 0 aromatic carbocycles. The molecule has 0 atom stereocenters. The van der Waals surface area contributed by atoms with Gasteiger partial charge in [-0.25, -0.2) is 0 Å². The highest BCUT2D eigenvalue weighted by Gasteiger charge is 2.18. The van der Waals surface area contributed by atoms with Gasteiger partial charge in [-0.05, 0) is 32.4 Å². The predicted octanol–water partition coefficient (Wildman–Crippen LogP) is 2.29. The first kappa shape index (κ1) is 14.4.